The first kappa shape index (κ1) is 17.2. The van der Waals surface area contributed by atoms with E-state index in [1.165, 1.54) is 10.6 Å². The van der Waals surface area contributed by atoms with E-state index in [9.17, 15) is 18.4 Å². The molecule has 1 fully saturated rings. The minimum atomic E-state index is -1.67. The molecule has 2 heterocycles. The lowest BCUT2D eigenvalue weighted by Crippen LogP contribution is -2.43. The first-order valence-corrected chi connectivity index (χ1v) is 7.80. The highest BCUT2D eigenvalue weighted by Gasteiger charge is 2.19. The van der Waals surface area contributed by atoms with Crippen LogP contribution in [0.1, 0.15) is 0 Å². The second kappa shape index (κ2) is 7.06. The fourth-order valence-corrected chi connectivity index (χ4v) is 2.96. The van der Waals surface area contributed by atoms with Gasteiger partial charge in [0.25, 0.3) is 0 Å². The molecule has 0 amide bonds. The zero-order chi connectivity index (χ0) is 18.0. The van der Waals surface area contributed by atoms with E-state index in [1.807, 2.05) is 4.90 Å². The zero-order valence-corrected chi connectivity index (χ0v) is 13.3. The van der Waals surface area contributed by atoms with E-state index >= 15 is 0 Å². The molecule has 134 valence electrons. The van der Waals surface area contributed by atoms with Crippen molar-refractivity contribution in [2.45, 2.75) is 6.54 Å². The van der Waals surface area contributed by atoms with Crippen LogP contribution in [0.5, 0.6) is 5.75 Å². The Bertz CT molecular complexity index is 863. The molecule has 0 bridgehead atoms. The molecule has 1 aromatic carbocycles. The molecule has 25 heavy (non-hydrogen) atoms. The summed E-state index contributed by atoms with van der Waals surface area (Å²) < 4.78 is 33.2. The Balaban J connectivity index is 2.18. The molecule has 0 radical (unpaired) electrons. The highest BCUT2D eigenvalue weighted by Crippen LogP contribution is 2.26. The molecule has 0 saturated carbocycles. The maximum atomic E-state index is 14.6. The number of aromatic nitrogens is 1. The molecule has 2 aromatic rings. The third-order valence-electron chi connectivity index (χ3n) is 4.10. The quantitative estimate of drug-likeness (QED) is 0.812. The van der Waals surface area contributed by atoms with E-state index in [0.29, 0.717) is 37.4 Å². The largest absolute Gasteiger partial charge is 0.511 e. The Hall–Kier alpha value is -2.68. The third-order valence-corrected chi connectivity index (χ3v) is 4.10. The van der Waals surface area contributed by atoms with Gasteiger partial charge in [-0.05, 0) is 12.1 Å². The van der Waals surface area contributed by atoms with Gasteiger partial charge < -0.3 is 24.6 Å². The van der Waals surface area contributed by atoms with Crippen LogP contribution >= 0.6 is 0 Å². The fourth-order valence-electron chi connectivity index (χ4n) is 2.96. The Labute approximate surface area is 141 Å². The number of carbonyl (C=O) groups is 1. The number of rotatable bonds is 4. The van der Waals surface area contributed by atoms with Gasteiger partial charge in [0.1, 0.15) is 12.5 Å². The Morgan fingerprint density at radius 1 is 1.32 bits per heavy atom. The number of carboxylic acid groups (broad SMARTS) is 1. The van der Waals surface area contributed by atoms with Crippen LogP contribution in [-0.4, -0.2) is 48.7 Å². The summed E-state index contributed by atoms with van der Waals surface area (Å²) in [4.78, 5) is 24.9. The molecular weight excluding hydrogens is 336 g/mol. The van der Waals surface area contributed by atoms with Crippen molar-refractivity contribution in [2.24, 2.45) is 0 Å². The van der Waals surface area contributed by atoms with Gasteiger partial charge in [0.2, 0.25) is 5.43 Å². The van der Waals surface area contributed by atoms with E-state index in [1.54, 1.807) is 0 Å². The number of alkyl halides is 1. The van der Waals surface area contributed by atoms with Gasteiger partial charge in [-0.1, -0.05) is 0 Å². The lowest BCUT2D eigenvalue weighted by Gasteiger charge is -2.30. The van der Waals surface area contributed by atoms with E-state index in [0.717, 1.165) is 12.3 Å². The number of hydrogen-bond acceptors (Lipinski definition) is 5. The molecule has 1 aliphatic heterocycles. The van der Waals surface area contributed by atoms with Crippen molar-refractivity contribution in [3.05, 3.63) is 34.4 Å². The number of hydrogen-bond donors (Lipinski definition) is 2. The summed E-state index contributed by atoms with van der Waals surface area (Å²) in [6.45, 7) is 1.79. The molecule has 9 heteroatoms. The predicted molar refractivity (Wildman–Crippen MR) is 87.9 cm³/mol. The minimum absolute atomic E-state index is 0.0522. The average Bonchev–Trinajstić information content (AvgIpc) is 2.59. The number of pyridine rings is 1. The standard InChI is InChI=1S/C16H17F2N3O4/c17-1-4-21-9-14(25-16(23)24)15(22)10-7-11(18)13(8-12(10)21)20-5-2-19-3-6-20/h7-9,19H,1-6H2,(H,23,24). The van der Waals surface area contributed by atoms with Crippen molar-refractivity contribution in [3.8, 4) is 5.75 Å². The minimum Gasteiger partial charge on any atom is -0.449 e. The van der Waals surface area contributed by atoms with Crippen LogP contribution in [0.4, 0.5) is 19.3 Å². The maximum Gasteiger partial charge on any atom is 0.511 e. The van der Waals surface area contributed by atoms with Crippen LogP contribution in [0.3, 0.4) is 0 Å². The van der Waals surface area contributed by atoms with E-state index < -0.39 is 29.8 Å². The summed E-state index contributed by atoms with van der Waals surface area (Å²) in [7, 11) is 0. The van der Waals surface area contributed by atoms with Crippen molar-refractivity contribution in [1.82, 2.24) is 9.88 Å². The summed E-state index contributed by atoms with van der Waals surface area (Å²) in [5, 5.41) is 11.8. The van der Waals surface area contributed by atoms with Crippen LogP contribution in [0.25, 0.3) is 10.9 Å². The van der Waals surface area contributed by atoms with Crippen LogP contribution < -0.4 is 20.4 Å². The van der Waals surface area contributed by atoms with Gasteiger partial charge in [-0.3, -0.25) is 4.79 Å². The molecule has 7 nitrogen and oxygen atoms in total. The van der Waals surface area contributed by atoms with Crippen LogP contribution in [-0.2, 0) is 6.54 Å². The maximum absolute atomic E-state index is 14.6. The Kier molecular flexibility index (Phi) is 4.84. The van der Waals surface area contributed by atoms with Crippen molar-refractivity contribution in [1.29, 1.82) is 0 Å². The molecule has 1 aliphatic rings. The van der Waals surface area contributed by atoms with E-state index in [4.69, 9.17) is 5.11 Å². The van der Waals surface area contributed by atoms with Gasteiger partial charge in [0.05, 0.1) is 29.3 Å². The Morgan fingerprint density at radius 3 is 2.68 bits per heavy atom. The van der Waals surface area contributed by atoms with Crippen LogP contribution in [0, 0.1) is 5.82 Å². The second-order valence-electron chi connectivity index (χ2n) is 5.63. The average molecular weight is 353 g/mol. The highest BCUT2D eigenvalue weighted by molar-refractivity contribution is 5.84. The summed E-state index contributed by atoms with van der Waals surface area (Å²) in [5.41, 5.74) is -0.0958. The van der Waals surface area contributed by atoms with Crippen molar-refractivity contribution in [3.63, 3.8) is 0 Å². The van der Waals surface area contributed by atoms with E-state index in [2.05, 4.69) is 10.1 Å². The van der Waals surface area contributed by atoms with Gasteiger partial charge in [0.15, 0.2) is 5.75 Å². The number of ether oxygens (including phenoxy) is 1. The molecule has 3 rings (SSSR count). The van der Waals surface area contributed by atoms with Crippen molar-refractivity contribution < 1.29 is 23.4 Å². The van der Waals surface area contributed by atoms with Gasteiger partial charge in [-0.25, -0.2) is 13.6 Å². The molecular formula is C16H17F2N3O4. The number of anilines is 1. The first-order valence-electron chi connectivity index (χ1n) is 7.80. The third kappa shape index (κ3) is 3.41. The summed E-state index contributed by atoms with van der Waals surface area (Å²) >= 11 is 0. The zero-order valence-electron chi connectivity index (χ0n) is 13.3. The Morgan fingerprint density at radius 2 is 2.04 bits per heavy atom. The number of benzene rings is 1. The van der Waals surface area contributed by atoms with Crippen molar-refractivity contribution >= 4 is 22.7 Å². The number of halogens is 2. The van der Waals surface area contributed by atoms with E-state index in [-0.39, 0.29) is 11.9 Å². The summed E-state index contributed by atoms with van der Waals surface area (Å²) in [6, 6.07) is 2.55. The second-order valence-corrected chi connectivity index (χ2v) is 5.63. The fraction of sp³-hybridized carbons (Fsp3) is 0.375. The van der Waals surface area contributed by atoms with Gasteiger partial charge in [-0.2, -0.15) is 0 Å². The first-order chi connectivity index (χ1) is 12.0. The van der Waals surface area contributed by atoms with Gasteiger partial charge >= 0.3 is 6.16 Å². The number of fused-ring (bicyclic) bond motifs is 1. The molecule has 0 aliphatic carbocycles. The molecule has 1 aromatic heterocycles. The molecule has 2 N–H and O–H groups in total. The van der Waals surface area contributed by atoms with Gasteiger partial charge in [-0.15, -0.1) is 0 Å². The van der Waals surface area contributed by atoms with Crippen molar-refractivity contribution in [2.75, 3.05) is 37.8 Å². The number of piperazine rings is 1. The monoisotopic (exact) mass is 353 g/mol. The number of aryl methyl sites for hydroxylation is 1. The van der Waals surface area contributed by atoms with Gasteiger partial charge in [0, 0.05) is 26.2 Å². The lowest BCUT2D eigenvalue weighted by atomic mass is 10.1. The molecule has 1 saturated heterocycles. The summed E-state index contributed by atoms with van der Waals surface area (Å²) in [6.07, 6.45) is -0.529. The lowest BCUT2D eigenvalue weighted by molar-refractivity contribution is 0.143. The van der Waals surface area contributed by atoms with Crippen LogP contribution in [0.15, 0.2) is 23.1 Å². The smallest absolute Gasteiger partial charge is 0.449 e. The highest BCUT2D eigenvalue weighted by atomic mass is 19.1. The normalized spacial score (nSPS) is 14.7. The summed E-state index contributed by atoms with van der Waals surface area (Å²) in [5.74, 6) is -1.08. The number of nitrogens with one attached hydrogen (secondary N) is 1. The molecule has 0 atom stereocenters. The molecule has 0 unspecified atom stereocenters. The number of nitrogens with zero attached hydrogens (tertiary/aromatic N) is 2. The topological polar surface area (TPSA) is 83.8 Å². The van der Waals surface area contributed by atoms with Crippen LogP contribution in [0.2, 0.25) is 0 Å². The molecule has 0 spiro atoms. The predicted octanol–water partition coefficient (Wildman–Crippen LogP) is 1.58. The SMILES string of the molecule is O=C(O)Oc1cn(CCF)c2cc(N3CCNCC3)c(F)cc2c1=O.